The molecule has 0 fully saturated rings. The molecule has 0 radical (unpaired) electrons. The van der Waals surface area contributed by atoms with E-state index in [-0.39, 0.29) is 12.3 Å². The summed E-state index contributed by atoms with van der Waals surface area (Å²) in [4.78, 5) is 4.56. The van der Waals surface area contributed by atoms with Crippen LogP contribution in [-0.4, -0.2) is 50.9 Å². The minimum atomic E-state index is -0.119. The first-order chi connectivity index (χ1) is 15.3. The maximum Gasteiger partial charge on any atom is 0.129 e. The number of hydrogen-bond donors (Lipinski definition) is 7. The number of rotatable bonds is 13. The zero-order valence-corrected chi connectivity index (χ0v) is 19.6. The summed E-state index contributed by atoms with van der Waals surface area (Å²) in [7, 11) is 0. The maximum atomic E-state index is 7.78. The molecule has 0 bridgehead atoms. The van der Waals surface area contributed by atoms with Gasteiger partial charge in [0.2, 0.25) is 0 Å². The van der Waals surface area contributed by atoms with Crippen molar-refractivity contribution in [2.24, 2.45) is 11.6 Å². The van der Waals surface area contributed by atoms with Gasteiger partial charge in [0.1, 0.15) is 5.75 Å². The Morgan fingerprint density at radius 1 is 1.28 bits per heavy atom. The Morgan fingerprint density at radius 3 is 2.72 bits per heavy atom. The van der Waals surface area contributed by atoms with E-state index in [9.17, 15) is 0 Å². The van der Waals surface area contributed by atoms with Crippen molar-refractivity contribution in [3.63, 3.8) is 0 Å². The summed E-state index contributed by atoms with van der Waals surface area (Å²) in [5.74, 6) is 5.85. The van der Waals surface area contributed by atoms with Crippen molar-refractivity contribution in [1.82, 2.24) is 21.3 Å². The molecule has 0 saturated carbocycles. The average Bonchev–Trinajstić information content (AvgIpc) is 2.89. The van der Waals surface area contributed by atoms with Gasteiger partial charge in [0.25, 0.3) is 0 Å². The van der Waals surface area contributed by atoms with E-state index in [4.69, 9.17) is 21.8 Å². The smallest absolute Gasteiger partial charge is 0.129 e. The topological polar surface area (TPSA) is 142 Å². The van der Waals surface area contributed by atoms with Gasteiger partial charge >= 0.3 is 0 Å². The number of benzene rings is 1. The highest BCUT2D eigenvalue weighted by Crippen LogP contribution is 2.33. The zero-order chi connectivity index (χ0) is 23.5. The Kier molecular flexibility index (Phi) is 10.6. The van der Waals surface area contributed by atoms with Crippen LogP contribution in [0.3, 0.4) is 0 Å². The summed E-state index contributed by atoms with van der Waals surface area (Å²) in [6, 6.07) is 6.36. The molecular weight excluding hydrogens is 406 g/mol. The van der Waals surface area contributed by atoms with Gasteiger partial charge in [0.05, 0.1) is 25.5 Å². The Morgan fingerprint density at radius 2 is 2.06 bits per heavy atom. The van der Waals surface area contributed by atoms with Crippen molar-refractivity contribution < 1.29 is 9.57 Å². The van der Waals surface area contributed by atoms with Crippen LogP contribution in [0.2, 0.25) is 0 Å². The molecule has 9 nitrogen and oxygen atoms in total. The van der Waals surface area contributed by atoms with Crippen molar-refractivity contribution >= 4 is 17.5 Å². The SMILES string of the molecule is CC1=C(NCC(NC(C)C)NC(C)N)c2ccc(/C(C=N)=C/NCCON)cc2OCC1. The van der Waals surface area contributed by atoms with Gasteiger partial charge in [0, 0.05) is 54.8 Å². The second-order valence-electron chi connectivity index (χ2n) is 8.24. The van der Waals surface area contributed by atoms with Gasteiger partial charge in [-0.3, -0.25) is 10.6 Å². The van der Waals surface area contributed by atoms with E-state index in [2.05, 4.69) is 46.9 Å². The van der Waals surface area contributed by atoms with Gasteiger partial charge in [-0.1, -0.05) is 6.07 Å². The average molecular weight is 446 g/mol. The fourth-order valence-corrected chi connectivity index (χ4v) is 3.54. The standard InChI is InChI=1S/C23H39N7O2/c1-15(2)29-22(30-17(4)25)14-28-23-16(3)7-9-31-21-11-18(5-6-20(21)23)19(12-24)13-27-8-10-32-26/h5-6,11-13,15,17,22,24,27-30H,7-10,14,25-26H2,1-4H3/b19-13+,24-12?. The minimum Gasteiger partial charge on any atom is -0.493 e. The van der Waals surface area contributed by atoms with Crippen LogP contribution in [0.15, 0.2) is 30.0 Å². The van der Waals surface area contributed by atoms with Crippen LogP contribution < -0.4 is 37.6 Å². The molecule has 2 unspecified atom stereocenters. The fraction of sp³-hybridized carbons (Fsp3) is 0.522. The largest absolute Gasteiger partial charge is 0.493 e. The fourth-order valence-electron chi connectivity index (χ4n) is 3.54. The molecule has 0 aliphatic carbocycles. The highest BCUT2D eigenvalue weighted by atomic mass is 16.6. The third-order valence-electron chi connectivity index (χ3n) is 5.00. The van der Waals surface area contributed by atoms with E-state index in [0.717, 1.165) is 34.6 Å². The van der Waals surface area contributed by atoms with Crippen LogP contribution >= 0.6 is 0 Å². The summed E-state index contributed by atoms with van der Waals surface area (Å²) in [5.41, 5.74) is 10.9. The third kappa shape index (κ3) is 7.92. The lowest BCUT2D eigenvalue weighted by Crippen LogP contribution is -2.55. The van der Waals surface area contributed by atoms with Gasteiger partial charge < -0.3 is 31.4 Å². The van der Waals surface area contributed by atoms with Crippen LogP contribution in [-0.2, 0) is 4.84 Å². The lowest BCUT2D eigenvalue weighted by atomic mass is 10.0. The number of fused-ring (bicyclic) bond motifs is 1. The van der Waals surface area contributed by atoms with Gasteiger partial charge in [-0.15, -0.1) is 0 Å². The van der Waals surface area contributed by atoms with Crippen LogP contribution in [0, 0.1) is 5.41 Å². The number of hydrogen-bond acceptors (Lipinski definition) is 9. The highest BCUT2D eigenvalue weighted by molar-refractivity contribution is 6.08. The lowest BCUT2D eigenvalue weighted by molar-refractivity contribution is 0.142. The first-order valence-electron chi connectivity index (χ1n) is 11.1. The Hall–Kier alpha value is -2.43. The Balaban J connectivity index is 2.23. The zero-order valence-electron chi connectivity index (χ0n) is 19.6. The molecule has 2 rings (SSSR count). The summed E-state index contributed by atoms with van der Waals surface area (Å²) in [6.07, 6.45) is 3.84. The predicted octanol–water partition coefficient (Wildman–Crippen LogP) is 1.48. The molecule has 1 heterocycles. The molecule has 2 atom stereocenters. The molecule has 1 aromatic rings. The van der Waals surface area contributed by atoms with Crippen LogP contribution in [0.1, 0.15) is 45.2 Å². The molecule has 0 aromatic heterocycles. The molecular formula is C23H39N7O2. The van der Waals surface area contributed by atoms with Crippen molar-refractivity contribution in [2.75, 3.05) is 26.3 Å². The quantitative estimate of drug-likeness (QED) is 0.105. The Bertz CT molecular complexity index is 796. The summed E-state index contributed by atoms with van der Waals surface area (Å²) >= 11 is 0. The normalized spacial score (nSPS) is 16.2. The maximum absolute atomic E-state index is 7.78. The second-order valence-corrected chi connectivity index (χ2v) is 8.24. The van der Waals surface area contributed by atoms with Crippen molar-refractivity contribution in [3.8, 4) is 5.75 Å². The number of nitrogens with two attached hydrogens (primary N) is 2. The van der Waals surface area contributed by atoms with E-state index in [1.54, 1.807) is 6.20 Å². The van der Waals surface area contributed by atoms with Crippen LogP contribution in [0.5, 0.6) is 5.75 Å². The van der Waals surface area contributed by atoms with E-state index in [1.165, 1.54) is 11.8 Å². The van der Waals surface area contributed by atoms with Gasteiger partial charge in [-0.25, -0.2) is 5.90 Å². The van der Waals surface area contributed by atoms with E-state index in [1.807, 2.05) is 25.1 Å². The van der Waals surface area contributed by atoms with Crippen molar-refractivity contribution in [3.05, 3.63) is 41.1 Å². The third-order valence-corrected chi connectivity index (χ3v) is 5.00. The number of ether oxygens (including phenoxy) is 1. The molecule has 178 valence electrons. The number of allylic oxidation sites excluding steroid dienone is 1. The van der Waals surface area contributed by atoms with Gasteiger partial charge in [-0.05, 0) is 51.0 Å². The second kappa shape index (κ2) is 13.2. The van der Waals surface area contributed by atoms with Crippen molar-refractivity contribution in [2.45, 2.75) is 52.5 Å². The molecule has 9 heteroatoms. The molecule has 1 aromatic carbocycles. The van der Waals surface area contributed by atoms with Crippen LogP contribution in [0.4, 0.5) is 0 Å². The van der Waals surface area contributed by atoms with E-state index in [0.29, 0.717) is 32.3 Å². The summed E-state index contributed by atoms with van der Waals surface area (Å²) in [5, 5.41) is 21.4. The molecule has 1 aliphatic rings. The van der Waals surface area contributed by atoms with Gasteiger partial charge in [0.15, 0.2) is 0 Å². The highest BCUT2D eigenvalue weighted by Gasteiger charge is 2.19. The van der Waals surface area contributed by atoms with E-state index < -0.39 is 0 Å². The predicted molar refractivity (Wildman–Crippen MR) is 131 cm³/mol. The Labute approximate surface area is 191 Å². The summed E-state index contributed by atoms with van der Waals surface area (Å²) < 4.78 is 6.07. The van der Waals surface area contributed by atoms with E-state index >= 15 is 0 Å². The van der Waals surface area contributed by atoms with Gasteiger partial charge in [-0.2, -0.15) is 0 Å². The first kappa shape index (κ1) is 25.8. The lowest BCUT2D eigenvalue weighted by Gasteiger charge is -2.26. The summed E-state index contributed by atoms with van der Waals surface area (Å²) in [6.45, 7) is 10.5. The number of nitrogens with one attached hydrogen (secondary N) is 5. The minimum absolute atomic E-state index is 0.0261. The molecule has 0 saturated heterocycles. The monoisotopic (exact) mass is 445 g/mol. The van der Waals surface area contributed by atoms with Crippen LogP contribution in [0.25, 0.3) is 11.3 Å². The van der Waals surface area contributed by atoms with Crippen molar-refractivity contribution in [1.29, 1.82) is 5.41 Å². The molecule has 9 N–H and O–H groups in total. The molecule has 1 aliphatic heterocycles. The first-order valence-corrected chi connectivity index (χ1v) is 11.1. The molecule has 32 heavy (non-hydrogen) atoms. The molecule has 0 amide bonds. The molecule has 0 spiro atoms.